The Morgan fingerprint density at radius 1 is 1.35 bits per heavy atom. The van der Waals surface area contributed by atoms with Gasteiger partial charge in [-0.15, -0.1) is 11.6 Å². The summed E-state index contributed by atoms with van der Waals surface area (Å²) in [5.74, 6) is 0.292. The van der Waals surface area contributed by atoms with Gasteiger partial charge >= 0.3 is 6.18 Å². The predicted molar refractivity (Wildman–Crippen MR) is 62.7 cm³/mol. The molecule has 7 heteroatoms. The fourth-order valence-corrected chi connectivity index (χ4v) is 1.76. The zero-order chi connectivity index (χ0) is 13.1. The van der Waals surface area contributed by atoms with Crippen LogP contribution in [0.25, 0.3) is 0 Å². The third kappa shape index (κ3) is 4.24. The maximum atomic E-state index is 12.3. The van der Waals surface area contributed by atoms with E-state index in [4.69, 9.17) is 23.2 Å². The number of anilines is 1. The molecule has 0 N–H and O–H groups in total. The first-order valence-electron chi connectivity index (χ1n) is 4.90. The molecule has 0 fully saturated rings. The van der Waals surface area contributed by atoms with Gasteiger partial charge in [-0.3, -0.25) is 0 Å². The van der Waals surface area contributed by atoms with Crippen molar-refractivity contribution in [1.82, 2.24) is 4.98 Å². The van der Waals surface area contributed by atoms with Gasteiger partial charge in [0.25, 0.3) is 0 Å². The van der Waals surface area contributed by atoms with Crippen molar-refractivity contribution < 1.29 is 13.2 Å². The van der Waals surface area contributed by atoms with Crippen LogP contribution in [-0.2, 0) is 5.88 Å². The van der Waals surface area contributed by atoms with Gasteiger partial charge in [0.05, 0.1) is 16.6 Å². The fraction of sp³-hybridized carbons (Fsp3) is 0.500. The van der Waals surface area contributed by atoms with Gasteiger partial charge in [-0.05, 0) is 19.1 Å². The van der Waals surface area contributed by atoms with Crippen LogP contribution < -0.4 is 4.90 Å². The molecule has 2 nitrogen and oxygen atoms in total. The van der Waals surface area contributed by atoms with Crippen LogP contribution in [0.1, 0.15) is 12.6 Å². The molecule has 0 aliphatic heterocycles. The number of hydrogen-bond donors (Lipinski definition) is 0. The number of hydrogen-bond acceptors (Lipinski definition) is 2. The highest BCUT2D eigenvalue weighted by Crippen LogP contribution is 2.24. The minimum absolute atomic E-state index is 0.0657. The van der Waals surface area contributed by atoms with Crippen molar-refractivity contribution in [2.75, 3.05) is 18.0 Å². The maximum absolute atomic E-state index is 12.3. The van der Waals surface area contributed by atoms with E-state index in [0.717, 1.165) is 4.90 Å². The van der Waals surface area contributed by atoms with E-state index in [2.05, 4.69) is 4.98 Å². The van der Waals surface area contributed by atoms with Gasteiger partial charge in [0.2, 0.25) is 0 Å². The normalized spacial score (nSPS) is 11.6. The lowest BCUT2D eigenvalue weighted by Gasteiger charge is -2.23. The van der Waals surface area contributed by atoms with Crippen LogP contribution in [0.15, 0.2) is 12.1 Å². The molecule has 96 valence electrons. The molecule has 1 aromatic heterocycles. The average Bonchev–Trinajstić information content (AvgIpc) is 2.25. The van der Waals surface area contributed by atoms with E-state index in [1.54, 1.807) is 6.92 Å². The predicted octanol–water partition coefficient (Wildman–Crippen LogP) is 3.86. The second-order valence-corrected chi connectivity index (χ2v) is 4.04. The van der Waals surface area contributed by atoms with Crippen LogP contribution in [0.2, 0.25) is 5.02 Å². The molecule has 0 radical (unpaired) electrons. The summed E-state index contributed by atoms with van der Waals surface area (Å²) < 4.78 is 37.0. The summed E-state index contributed by atoms with van der Waals surface area (Å²) in [6.45, 7) is 0.790. The zero-order valence-electron chi connectivity index (χ0n) is 9.06. The Morgan fingerprint density at radius 3 is 2.47 bits per heavy atom. The number of alkyl halides is 4. The lowest BCUT2D eigenvalue weighted by atomic mass is 10.3. The molecule has 0 spiro atoms. The molecular formula is C10H11Cl2F3N2. The van der Waals surface area contributed by atoms with E-state index in [0.29, 0.717) is 10.7 Å². The molecule has 0 saturated carbocycles. The molecular weight excluding hydrogens is 276 g/mol. The zero-order valence-corrected chi connectivity index (χ0v) is 10.6. The standard InChI is InChI=1S/C10H11Cl2F3N2/c1-2-17(6-10(13,14)15)9-4-3-7(12)8(5-11)16-9/h3-4H,2,5-6H2,1H3. The molecule has 0 amide bonds. The maximum Gasteiger partial charge on any atom is 0.405 e. The number of rotatable bonds is 4. The summed E-state index contributed by atoms with van der Waals surface area (Å²) >= 11 is 11.4. The molecule has 17 heavy (non-hydrogen) atoms. The lowest BCUT2D eigenvalue weighted by Crippen LogP contribution is -2.34. The van der Waals surface area contributed by atoms with E-state index < -0.39 is 12.7 Å². The summed E-state index contributed by atoms with van der Waals surface area (Å²) in [6, 6.07) is 2.95. The summed E-state index contributed by atoms with van der Waals surface area (Å²) in [5, 5.41) is 0.354. The van der Waals surface area contributed by atoms with Crippen molar-refractivity contribution >= 4 is 29.0 Å². The van der Waals surface area contributed by atoms with Gasteiger partial charge in [-0.1, -0.05) is 11.6 Å². The third-order valence-corrected chi connectivity index (χ3v) is 2.70. The highest BCUT2D eigenvalue weighted by Gasteiger charge is 2.30. The summed E-state index contributed by atoms with van der Waals surface area (Å²) in [6.07, 6.45) is -4.27. The Labute approximate surface area is 107 Å². The van der Waals surface area contributed by atoms with Gasteiger partial charge in [-0.25, -0.2) is 4.98 Å². The van der Waals surface area contributed by atoms with Gasteiger partial charge in [0.15, 0.2) is 0 Å². The first-order chi connectivity index (χ1) is 7.87. The fourth-order valence-electron chi connectivity index (χ4n) is 1.31. The molecule has 0 bridgehead atoms. The quantitative estimate of drug-likeness (QED) is 0.782. The van der Waals surface area contributed by atoms with E-state index in [9.17, 15) is 13.2 Å². The van der Waals surface area contributed by atoms with E-state index >= 15 is 0 Å². The molecule has 0 aliphatic rings. The van der Waals surface area contributed by atoms with Gasteiger partial charge in [-0.2, -0.15) is 13.2 Å². The summed E-state index contributed by atoms with van der Waals surface area (Å²) in [4.78, 5) is 5.13. The van der Waals surface area contributed by atoms with Crippen molar-refractivity contribution in [2.45, 2.75) is 19.0 Å². The number of pyridine rings is 1. The first-order valence-corrected chi connectivity index (χ1v) is 5.81. The topological polar surface area (TPSA) is 16.1 Å². The first kappa shape index (κ1) is 14.4. The Balaban J connectivity index is 2.96. The van der Waals surface area contributed by atoms with Crippen LogP contribution in [0.3, 0.4) is 0 Å². The average molecular weight is 287 g/mol. The van der Waals surface area contributed by atoms with Gasteiger partial charge < -0.3 is 4.90 Å². The van der Waals surface area contributed by atoms with Crippen LogP contribution in [0.4, 0.5) is 19.0 Å². The molecule has 1 rings (SSSR count). The monoisotopic (exact) mass is 286 g/mol. The largest absolute Gasteiger partial charge is 0.405 e. The second-order valence-electron chi connectivity index (χ2n) is 3.36. The van der Waals surface area contributed by atoms with Crippen molar-refractivity contribution in [3.05, 3.63) is 22.8 Å². The number of halogens is 5. The Hall–Kier alpha value is -0.680. The van der Waals surface area contributed by atoms with Crippen LogP contribution >= 0.6 is 23.2 Å². The van der Waals surface area contributed by atoms with Gasteiger partial charge in [0.1, 0.15) is 12.4 Å². The molecule has 0 unspecified atom stereocenters. The molecule has 1 heterocycles. The Morgan fingerprint density at radius 2 is 2.00 bits per heavy atom. The van der Waals surface area contributed by atoms with Crippen LogP contribution in [0.5, 0.6) is 0 Å². The van der Waals surface area contributed by atoms with Crippen molar-refractivity contribution in [3.63, 3.8) is 0 Å². The number of aromatic nitrogens is 1. The third-order valence-electron chi connectivity index (χ3n) is 2.11. The Kier molecular flexibility index (Phi) is 4.89. The van der Waals surface area contributed by atoms with Crippen molar-refractivity contribution in [2.24, 2.45) is 0 Å². The molecule has 0 atom stereocenters. The van der Waals surface area contributed by atoms with Crippen molar-refractivity contribution in [3.8, 4) is 0 Å². The summed E-state index contributed by atoms with van der Waals surface area (Å²) in [7, 11) is 0. The minimum atomic E-state index is -4.27. The van der Waals surface area contributed by atoms with E-state index in [1.165, 1.54) is 12.1 Å². The SMILES string of the molecule is CCN(CC(F)(F)F)c1ccc(Cl)c(CCl)n1. The van der Waals surface area contributed by atoms with E-state index in [-0.39, 0.29) is 18.2 Å². The molecule has 1 aromatic rings. The molecule has 0 aliphatic carbocycles. The molecule has 0 saturated heterocycles. The van der Waals surface area contributed by atoms with Crippen LogP contribution in [-0.4, -0.2) is 24.2 Å². The Bertz CT molecular complexity index is 382. The smallest absolute Gasteiger partial charge is 0.348 e. The summed E-state index contributed by atoms with van der Waals surface area (Å²) in [5.41, 5.74) is 0.381. The number of nitrogens with zero attached hydrogens (tertiary/aromatic N) is 2. The van der Waals surface area contributed by atoms with Crippen molar-refractivity contribution in [1.29, 1.82) is 0 Å². The van der Waals surface area contributed by atoms with E-state index in [1.807, 2.05) is 0 Å². The highest BCUT2D eigenvalue weighted by molar-refractivity contribution is 6.32. The van der Waals surface area contributed by atoms with Crippen LogP contribution in [0, 0.1) is 0 Å². The lowest BCUT2D eigenvalue weighted by molar-refractivity contribution is -0.119. The highest BCUT2D eigenvalue weighted by atomic mass is 35.5. The molecule has 0 aromatic carbocycles. The van der Waals surface area contributed by atoms with Gasteiger partial charge in [0, 0.05) is 6.54 Å². The second kappa shape index (κ2) is 5.78. The minimum Gasteiger partial charge on any atom is -0.348 e.